The van der Waals surface area contributed by atoms with E-state index in [4.69, 9.17) is 17.0 Å². The first-order chi connectivity index (χ1) is 6.79. The van der Waals surface area contributed by atoms with Crippen LogP contribution in [0.2, 0.25) is 0 Å². The number of aromatic nitrogens is 2. The predicted octanol–water partition coefficient (Wildman–Crippen LogP) is 2.09. The number of methoxy groups -OCH3 is 1. The van der Waals surface area contributed by atoms with Gasteiger partial charge in [0, 0.05) is 23.7 Å². The number of H-pyrrole nitrogens is 1. The highest BCUT2D eigenvalue weighted by Gasteiger charge is 2.06. The van der Waals surface area contributed by atoms with Crippen LogP contribution in [0.3, 0.4) is 0 Å². The van der Waals surface area contributed by atoms with Gasteiger partial charge in [0.25, 0.3) is 0 Å². The summed E-state index contributed by atoms with van der Waals surface area (Å²) in [4.78, 5) is 0. The third-order valence-corrected chi connectivity index (χ3v) is 2.78. The summed E-state index contributed by atoms with van der Waals surface area (Å²) in [6.07, 6.45) is 1.88. The van der Waals surface area contributed by atoms with Crippen molar-refractivity contribution in [1.29, 1.82) is 0 Å². The molecule has 0 aliphatic heterocycles. The van der Waals surface area contributed by atoms with Gasteiger partial charge in [0.2, 0.25) is 11.9 Å². The molecule has 0 bridgehead atoms. The summed E-state index contributed by atoms with van der Waals surface area (Å²) in [5, 5.41) is 0. The Balaban J connectivity index is 2.38. The summed E-state index contributed by atoms with van der Waals surface area (Å²) in [6.45, 7) is 0. The Hall–Kier alpha value is -1.20. The molecule has 1 heterocycles. The molecule has 2 aromatic rings. The Morgan fingerprint density at radius 2 is 2.07 bits per heavy atom. The number of hydrogen-bond acceptors (Lipinski definition) is 3. The van der Waals surface area contributed by atoms with E-state index in [-0.39, 0.29) is 0 Å². The Kier molecular flexibility index (Phi) is 2.60. The van der Waals surface area contributed by atoms with Gasteiger partial charge in [-0.25, -0.2) is 0 Å². The fourth-order valence-corrected chi connectivity index (χ4v) is 1.84. The topological polar surface area (TPSA) is 28.9 Å². The first kappa shape index (κ1) is 9.36. The van der Waals surface area contributed by atoms with Crippen LogP contribution in [0, 0.1) is 3.82 Å². The number of aromatic amines is 1. The van der Waals surface area contributed by atoms with Crippen molar-refractivity contribution in [3.05, 3.63) is 34.3 Å². The van der Waals surface area contributed by atoms with Crippen LogP contribution in [0.5, 0.6) is 5.75 Å². The molecule has 0 aliphatic rings. The fourth-order valence-electron chi connectivity index (χ4n) is 1.12. The molecule has 0 saturated heterocycles. The van der Waals surface area contributed by atoms with E-state index >= 15 is 0 Å². The lowest BCUT2D eigenvalue weighted by Gasteiger charge is -1.96. The van der Waals surface area contributed by atoms with E-state index in [1.165, 1.54) is 11.5 Å². The molecule has 1 aromatic heterocycles. The maximum atomic E-state index is 5.07. The zero-order valence-corrected chi connectivity index (χ0v) is 9.19. The van der Waals surface area contributed by atoms with Crippen LogP contribution in [0.15, 0.2) is 30.5 Å². The number of benzene rings is 1. The van der Waals surface area contributed by atoms with Crippen molar-refractivity contribution in [2.24, 2.45) is 0 Å². The minimum absolute atomic E-state index is 0.834. The van der Waals surface area contributed by atoms with E-state index in [0.29, 0.717) is 0 Å². The quantitative estimate of drug-likeness (QED) is 0.626. The number of nitrogens with one attached hydrogen (secondary N) is 1. The highest BCUT2D eigenvalue weighted by molar-refractivity contribution is 7.73. The fraction of sp³-hybridized carbons (Fsp3) is 0.111. The van der Waals surface area contributed by atoms with Crippen LogP contribution < -0.4 is 9.42 Å². The monoisotopic (exact) mass is 225 g/mol. The molecule has 0 unspecified atom stereocenters. The molecule has 2 rings (SSSR count). The van der Waals surface area contributed by atoms with Crippen molar-refractivity contribution in [1.82, 2.24) is 4.49 Å². The van der Waals surface area contributed by atoms with Gasteiger partial charge >= 0.3 is 0 Å². The van der Waals surface area contributed by atoms with E-state index in [9.17, 15) is 0 Å². The third kappa shape index (κ3) is 1.83. The molecule has 0 spiro atoms. The maximum absolute atomic E-state index is 5.07. The Morgan fingerprint density at radius 3 is 2.57 bits per heavy atom. The van der Waals surface area contributed by atoms with Crippen molar-refractivity contribution in [3.8, 4) is 11.4 Å². The second-order valence-electron chi connectivity index (χ2n) is 2.71. The standard InChI is InChI=1S/C9H8N2OS2/c1-12-8-4-2-7(3-5-8)11-6-9(13)14-10-11/h2-6H,1H3/p+1. The third-order valence-electron chi connectivity index (χ3n) is 1.83. The van der Waals surface area contributed by atoms with Crippen molar-refractivity contribution in [2.45, 2.75) is 0 Å². The number of ether oxygens (including phenoxy) is 1. The van der Waals surface area contributed by atoms with Gasteiger partial charge in [-0.05, 0) is 12.1 Å². The smallest absolute Gasteiger partial charge is 0.236 e. The summed E-state index contributed by atoms with van der Waals surface area (Å²) in [5.74, 6) is 0.850. The van der Waals surface area contributed by atoms with Crippen LogP contribution in [0.1, 0.15) is 0 Å². The second kappa shape index (κ2) is 3.89. The predicted molar refractivity (Wildman–Crippen MR) is 57.6 cm³/mol. The highest BCUT2D eigenvalue weighted by Crippen LogP contribution is 2.10. The molecule has 72 valence electrons. The van der Waals surface area contributed by atoms with Crippen LogP contribution in [0.4, 0.5) is 0 Å². The van der Waals surface area contributed by atoms with E-state index in [2.05, 4.69) is 4.49 Å². The van der Waals surface area contributed by atoms with Crippen molar-refractivity contribution in [2.75, 3.05) is 7.11 Å². The molecule has 0 amide bonds. The summed E-state index contributed by atoms with van der Waals surface area (Å²) in [7, 11) is 1.65. The molecule has 1 aromatic carbocycles. The van der Waals surface area contributed by atoms with Crippen molar-refractivity contribution >= 4 is 23.8 Å². The lowest BCUT2D eigenvalue weighted by Crippen LogP contribution is -2.30. The van der Waals surface area contributed by atoms with Gasteiger partial charge in [0.15, 0.2) is 3.82 Å². The molecule has 5 heteroatoms. The number of rotatable bonds is 2. The van der Waals surface area contributed by atoms with Gasteiger partial charge in [-0.1, -0.05) is 16.9 Å². The van der Waals surface area contributed by atoms with E-state index < -0.39 is 0 Å². The van der Waals surface area contributed by atoms with Gasteiger partial charge in [-0.2, -0.15) is 0 Å². The largest absolute Gasteiger partial charge is 0.497 e. The minimum Gasteiger partial charge on any atom is -0.497 e. The summed E-state index contributed by atoms with van der Waals surface area (Å²) >= 11 is 6.45. The van der Waals surface area contributed by atoms with Gasteiger partial charge in [0.05, 0.1) is 7.11 Å². The molecule has 0 radical (unpaired) electrons. The van der Waals surface area contributed by atoms with E-state index in [1.54, 1.807) is 7.11 Å². The molecular weight excluding hydrogens is 216 g/mol. The molecule has 0 saturated carbocycles. The van der Waals surface area contributed by atoms with Crippen molar-refractivity contribution in [3.63, 3.8) is 0 Å². The van der Waals surface area contributed by atoms with Crippen LogP contribution in [-0.2, 0) is 0 Å². The molecular formula is C9H9N2OS2+. The normalized spacial score (nSPS) is 10.1. The van der Waals surface area contributed by atoms with Gasteiger partial charge in [-0.15, -0.1) is 4.49 Å². The number of nitrogens with zero attached hydrogens (tertiary/aromatic N) is 1. The van der Waals surface area contributed by atoms with Gasteiger partial charge in [-0.3, -0.25) is 0 Å². The zero-order chi connectivity index (χ0) is 9.97. The molecule has 14 heavy (non-hydrogen) atoms. The highest BCUT2D eigenvalue weighted by atomic mass is 32.2. The Labute approximate surface area is 90.7 Å². The zero-order valence-electron chi connectivity index (χ0n) is 7.56. The summed E-state index contributed by atoms with van der Waals surface area (Å²) < 4.78 is 10.9. The molecule has 0 atom stereocenters. The van der Waals surface area contributed by atoms with Gasteiger partial charge < -0.3 is 4.74 Å². The minimum atomic E-state index is 0.834. The number of hydrogen-bond donors (Lipinski definition) is 1. The second-order valence-corrected chi connectivity index (χ2v) is 4.23. The van der Waals surface area contributed by atoms with Crippen LogP contribution in [-0.4, -0.2) is 11.6 Å². The SMILES string of the molecule is COc1ccc(-[n+]2cc(=S)s[nH]2)cc1. The molecule has 3 nitrogen and oxygen atoms in total. The lowest BCUT2D eigenvalue weighted by atomic mass is 10.3. The van der Waals surface area contributed by atoms with E-state index in [1.807, 2.05) is 35.1 Å². The lowest BCUT2D eigenvalue weighted by molar-refractivity contribution is -0.651. The first-order valence-electron chi connectivity index (χ1n) is 4.04. The first-order valence-corrected chi connectivity index (χ1v) is 5.26. The van der Waals surface area contributed by atoms with Crippen LogP contribution >= 0.6 is 23.8 Å². The maximum Gasteiger partial charge on any atom is 0.236 e. The van der Waals surface area contributed by atoms with Crippen molar-refractivity contribution < 1.29 is 9.42 Å². The molecule has 0 fully saturated rings. The van der Waals surface area contributed by atoms with E-state index in [0.717, 1.165) is 15.3 Å². The average molecular weight is 225 g/mol. The summed E-state index contributed by atoms with van der Waals surface area (Å²) in [6, 6.07) is 7.77. The van der Waals surface area contributed by atoms with Crippen LogP contribution in [0.25, 0.3) is 5.69 Å². The Bertz CT molecular complexity index is 472. The average Bonchev–Trinajstić information content (AvgIpc) is 2.65. The summed E-state index contributed by atoms with van der Waals surface area (Å²) in [5.41, 5.74) is 1.04. The van der Waals surface area contributed by atoms with Gasteiger partial charge in [0.1, 0.15) is 5.75 Å². The molecule has 0 aliphatic carbocycles. The molecule has 1 N–H and O–H groups in total. The Morgan fingerprint density at radius 1 is 1.36 bits per heavy atom.